The van der Waals surface area contributed by atoms with Crippen molar-refractivity contribution in [3.8, 4) is 5.75 Å². The highest BCUT2D eigenvalue weighted by molar-refractivity contribution is 9.10. The molecule has 21 heavy (non-hydrogen) atoms. The van der Waals surface area contributed by atoms with Crippen LogP contribution in [0.5, 0.6) is 5.75 Å². The third-order valence-corrected chi connectivity index (χ3v) is 4.38. The van der Waals surface area contributed by atoms with Gasteiger partial charge in [-0.3, -0.25) is 0 Å². The Morgan fingerprint density at radius 1 is 1.29 bits per heavy atom. The zero-order valence-electron chi connectivity index (χ0n) is 12.4. The highest BCUT2D eigenvalue weighted by Gasteiger charge is 2.22. The summed E-state index contributed by atoms with van der Waals surface area (Å²) < 4.78 is 12.6. The lowest BCUT2D eigenvalue weighted by Crippen LogP contribution is -2.24. The molecule has 2 heterocycles. The Labute approximate surface area is 133 Å². The number of fused-ring (bicyclic) bond motifs is 1. The monoisotopic (exact) mass is 349 g/mol. The summed E-state index contributed by atoms with van der Waals surface area (Å²) in [5.74, 6) is 2.91. The van der Waals surface area contributed by atoms with Crippen molar-refractivity contribution in [3.05, 3.63) is 51.9 Å². The van der Waals surface area contributed by atoms with Crippen molar-refractivity contribution >= 4 is 15.9 Å². The normalized spacial score (nSPS) is 19.5. The second kappa shape index (κ2) is 6.24. The largest absolute Gasteiger partial charge is 0.493 e. The predicted molar refractivity (Wildman–Crippen MR) is 86.6 cm³/mol. The Kier molecular flexibility index (Phi) is 4.36. The lowest BCUT2D eigenvalue weighted by Gasteiger charge is -2.22. The number of hydrogen-bond acceptors (Lipinski definition) is 3. The predicted octanol–water partition coefficient (Wildman–Crippen LogP) is 4.92. The van der Waals surface area contributed by atoms with E-state index in [1.165, 1.54) is 5.56 Å². The number of ether oxygens (including phenoxy) is 1. The molecule has 2 aromatic rings. The van der Waals surface area contributed by atoms with Gasteiger partial charge in [0.1, 0.15) is 17.3 Å². The maximum atomic E-state index is 5.86. The summed E-state index contributed by atoms with van der Waals surface area (Å²) in [6.07, 6.45) is 2.12. The molecule has 1 aromatic heterocycles. The highest BCUT2D eigenvalue weighted by atomic mass is 79.9. The van der Waals surface area contributed by atoms with Crippen LogP contribution in [0.4, 0.5) is 0 Å². The summed E-state index contributed by atoms with van der Waals surface area (Å²) in [6.45, 7) is 4.89. The van der Waals surface area contributed by atoms with Crippen LogP contribution >= 0.6 is 15.9 Å². The molecule has 112 valence electrons. The van der Waals surface area contributed by atoms with Gasteiger partial charge in [-0.05, 0) is 51.0 Å². The molecule has 2 atom stereocenters. The average Bonchev–Trinajstić information content (AvgIpc) is 2.79. The van der Waals surface area contributed by atoms with Crippen LogP contribution in [0.1, 0.15) is 48.9 Å². The fourth-order valence-electron chi connectivity index (χ4n) is 2.79. The van der Waals surface area contributed by atoms with E-state index in [4.69, 9.17) is 9.15 Å². The quantitative estimate of drug-likeness (QED) is 0.854. The molecule has 0 bridgehead atoms. The van der Waals surface area contributed by atoms with E-state index in [2.05, 4.69) is 46.4 Å². The minimum absolute atomic E-state index is 0.179. The zero-order chi connectivity index (χ0) is 14.8. The first-order valence-electron chi connectivity index (χ1n) is 7.38. The van der Waals surface area contributed by atoms with Gasteiger partial charge in [0, 0.05) is 16.1 Å². The van der Waals surface area contributed by atoms with Gasteiger partial charge in [0.2, 0.25) is 0 Å². The molecule has 3 rings (SSSR count). The van der Waals surface area contributed by atoms with Crippen molar-refractivity contribution in [3.63, 3.8) is 0 Å². The second-order valence-electron chi connectivity index (χ2n) is 5.56. The summed E-state index contributed by atoms with van der Waals surface area (Å²) in [4.78, 5) is 0. The van der Waals surface area contributed by atoms with E-state index in [-0.39, 0.29) is 12.1 Å². The average molecular weight is 350 g/mol. The van der Waals surface area contributed by atoms with E-state index in [0.717, 1.165) is 41.2 Å². The fraction of sp³-hybridized carbons (Fsp3) is 0.412. The van der Waals surface area contributed by atoms with E-state index in [9.17, 15) is 0 Å². The Morgan fingerprint density at radius 3 is 2.90 bits per heavy atom. The van der Waals surface area contributed by atoms with Gasteiger partial charge in [0.05, 0.1) is 12.6 Å². The second-order valence-corrected chi connectivity index (χ2v) is 6.48. The fourth-order valence-corrected chi connectivity index (χ4v) is 3.13. The molecule has 0 radical (unpaired) electrons. The molecule has 4 heteroatoms. The highest BCUT2D eigenvalue weighted by Crippen LogP contribution is 2.35. The smallest absolute Gasteiger partial charge is 0.125 e. The molecule has 1 aliphatic heterocycles. The van der Waals surface area contributed by atoms with Gasteiger partial charge in [-0.2, -0.15) is 0 Å². The van der Waals surface area contributed by atoms with Crippen LogP contribution < -0.4 is 10.1 Å². The Morgan fingerprint density at radius 2 is 2.14 bits per heavy atom. The topological polar surface area (TPSA) is 34.4 Å². The van der Waals surface area contributed by atoms with E-state index in [1.54, 1.807) is 0 Å². The van der Waals surface area contributed by atoms with Crippen molar-refractivity contribution in [1.29, 1.82) is 0 Å². The van der Waals surface area contributed by atoms with Crippen LogP contribution in [0.3, 0.4) is 0 Å². The maximum absolute atomic E-state index is 5.86. The first-order valence-corrected chi connectivity index (χ1v) is 8.17. The SMILES string of the molecule is Cc1ccc(C(C)NC2CCCOc3cc(Br)ccc32)o1. The molecule has 0 spiro atoms. The maximum Gasteiger partial charge on any atom is 0.125 e. The van der Waals surface area contributed by atoms with E-state index < -0.39 is 0 Å². The van der Waals surface area contributed by atoms with Crippen LogP contribution in [-0.2, 0) is 0 Å². The first kappa shape index (κ1) is 14.7. The first-order chi connectivity index (χ1) is 10.1. The summed E-state index contributed by atoms with van der Waals surface area (Å²) in [5.41, 5.74) is 1.23. The van der Waals surface area contributed by atoms with Gasteiger partial charge in [0.15, 0.2) is 0 Å². The number of halogens is 1. The van der Waals surface area contributed by atoms with Crippen molar-refractivity contribution < 1.29 is 9.15 Å². The molecule has 0 aliphatic carbocycles. The summed E-state index contributed by atoms with van der Waals surface area (Å²) in [7, 11) is 0. The molecule has 3 nitrogen and oxygen atoms in total. The number of benzene rings is 1. The van der Waals surface area contributed by atoms with Gasteiger partial charge in [-0.15, -0.1) is 0 Å². The minimum Gasteiger partial charge on any atom is -0.493 e. The molecule has 1 N–H and O–H groups in total. The van der Waals surface area contributed by atoms with E-state index in [0.29, 0.717) is 0 Å². The molecule has 0 saturated carbocycles. The van der Waals surface area contributed by atoms with Crippen LogP contribution in [0.15, 0.2) is 39.2 Å². The Bertz CT molecular complexity index is 623. The summed E-state index contributed by atoms with van der Waals surface area (Å²) in [6, 6.07) is 10.8. The van der Waals surface area contributed by atoms with Crippen molar-refractivity contribution in [2.75, 3.05) is 6.61 Å². The van der Waals surface area contributed by atoms with E-state index in [1.807, 2.05) is 19.1 Å². The van der Waals surface area contributed by atoms with Crippen molar-refractivity contribution in [2.24, 2.45) is 0 Å². The molecule has 0 saturated heterocycles. The van der Waals surface area contributed by atoms with Gasteiger partial charge in [-0.1, -0.05) is 22.0 Å². The molecule has 0 amide bonds. The van der Waals surface area contributed by atoms with Crippen LogP contribution in [-0.4, -0.2) is 6.61 Å². The Hall–Kier alpha value is -1.26. The summed E-state index contributed by atoms with van der Waals surface area (Å²) >= 11 is 3.51. The number of hydrogen-bond donors (Lipinski definition) is 1. The van der Waals surface area contributed by atoms with Gasteiger partial charge in [-0.25, -0.2) is 0 Å². The lowest BCUT2D eigenvalue weighted by molar-refractivity contribution is 0.313. The minimum atomic E-state index is 0.179. The number of aryl methyl sites for hydroxylation is 1. The molecule has 1 aliphatic rings. The molecule has 2 unspecified atom stereocenters. The van der Waals surface area contributed by atoms with Crippen molar-refractivity contribution in [2.45, 2.75) is 38.8 Å². The summed E-state index contributed by atoms with van der Waals surface area (Å²) in [5, 5.41) is 3.68. The van der Waals surface area contributed by atoms with Crippen molar-refractivity contribution in [1.82, 2.24) is 5.32 Å². The molecular weight excluding hydrogens is 330 g/mol. The zero-order valence-corrected chi connectivity index (χ0v) is 13.9. The van der Waals surface area contributed by atoms with Gasteiger partial charge in [0.25, 0.3) is 0 Å². The lowest BCUT2D eigenvalue weighted by atomic mass is 10.0. The van der Waals surface area contributed by atoms with Gasteiger partial charge < -0.3 is 14.5 Å². The number of nitrogens with one attached hydrogen (secondary N) is 1. The Balaban J connectivity index is 1.82. The van der Waals surface area contributed by atoms with Crippen LogP contribution in [0, 0.1) is 6.92 Å². The molecular formula is C17H20BrNO2. The molecule has 1 aromatic carbocycles. The third-order valence-electron chi connectivity index (χ3n) is 3.88. The third kappa shape index (κ3) is 3.33. The van der Waals surface area contributed by atoms with Gasteiger partial charge >= 0.3 is 0 Å². The molecule has 0 fully saturated rings. The van der Waals surface area contributed by atoms with E-state index >= 15 is 0 Å². The van der Waals surface area contributed by atoms with Crippen LogP contribution in [0.25, 0.3) is 0 Å². The standard InChI is InChI=1S/C17H20BrNO2/c1-11-5-8-16(21-11)12(2)19-15-4-3-9-20-17-10-13(18)6-7-14(15)17/h5-8,10,12,15,19H,3-4,9H2,1-2H3. The number of furan rings is 1. The van der Waals surface area contributed by atoms with Crippen LogP contribution in [0.2, 0.25) is 0 Å². The number of rotatable bonds is 3.